The van der Waals surface area contributed by atoms with Gasteiger partial charge in [0.25, 0.3) is 0 Å². The van der Waals surface area contributed by atoms with Crippen LogP contribution in [-0.2, 0) is 16.6 Å². The molecule has 0 aliphatic rings. The second kappa shape index (κ2) is 18.1. The standard InChI is InChI=1S/C28H9BF42N2O3/c30-9(31,11(34,35)13(38,39)15(42,43)17(46,47)19(50,51)21(54,55)23(58,59)25(62,63)27(66,67)68)5-1-4(29(75)76)2-6(73-7(74)3-72)8(5)10(32,33)12(36,37)14(40,41)16(44,45)18(48,49)20(52,53)22(56,57)24(60,61)26(64,65)28(69,70)71/h1-2,75-76H,3,72H2,(H,73,74). The molecule has 446 valence electrons. The van der Waals surface area contributed by atoms with E-state index in [2.05, 4.69) is 5.73 Å². The molecule has 48 heteroatoms. The van der Waals surface area contributed by atoms with Crippen molar-refractivity contribution in [3.05, 3.63) is 23.3 Å². The average Bonchev–Trinajstić information content (AvgIpc) is 3.20. The summed E-state index contributed by atoms with van der Waals surface area (Å²) in [6.07, 6.45) is -17.0. The molecule has 0 fully saturated rings. The molecule has 0 aliphatic carbocycles. The highest BCUT2D eigenvalue weighted by atomic mass is 19.5. The van der Waals surface area contributed by atoms with Gasteiger partial charge in [-0.3, -0.25) is 4.79 Å². The summed E-state index contributed by atoms with van der Waals surface area (Å²) >= 11 is 0. The number of benzene rings is 1. The second-order valence-corrected chi connectivity index (χ2v) is 14.5. The molecular formula is C28H9BF42N2O3. The summed E-state index contributed by atoms with van der Waals surface area (Å²) in [5.41, 5.74) is -13.1. The zero-order chi connectivity index (χ0) is 62.3. The third kappa shape index (κ3) is 8.59. The maximum absolute atomic E-state index is 15.8. The molecule has 0 atom stereocenters. The second-order valence-electron chi connectivity index (χ2n) is 14.5. The van der Waals surface area contributed by atoms with Gasteiger partial charge in [-0.15, -0.1) is 0 Å². The van der Waals surface area contributed by atoms with E-state index in [1.807, 2.05) is 0 Å². The Morgan fingerprint density at radius 2 is 0.566 bits per heavy atom. The summed E-state index contributed by atoms with van der Waals surface area (Å²) in [5.74, 6) is -179. The summed E-state index contributed by atoms with van der Waals surface area (Å²) in [6, 6.07) is -3.84. The van der Waals surface area contributed by atoms with Crippen molar-refractivity contribution in [2.45, 2.75) is 119 Å². The van der Waals surface area contributed by atoms with Gasteiger partial charge < -0.3 is 21.1 Å². The molecule has 5 N–H and O–H groups in total. The number of carbonyl (C=O) groups excluding carboxylic acids is 1. The lowest BCUT2D eigenvalue weighted by atomic mass is 9.74. The summed E-state index contributed by atoms with van der Waals surface area (Å²) in [7, 11) is -4.33. The van der Waals surface area contributed by atoms with Gasteiger partial charge in [-0.1, -0.05) is 6.07 Å². The molecule has 0 heterocycles. The molecule has 0 saturated carbocycles. The van der Waals surface area contributed by atoms with Crippen molar-refractivity contribution >= 4 is 24.2 Å². The van der Waals surface area contributed by atoms with Crippen LogP contribution in [0.3, 0.4) is 0 Å². The van der Waals surface area contributed by atoms with Gasteiger partial charge >= 0.3 is 126 Å². The third-order valence-corrected chi connectivity index (χ3v) is 9.59. The van der Waals surface area contributed by atoms with Crippen molar-refractivity contribution in [1.82, 2.24) is 0 Å². The first-order valence-corrected chi connectivity index (χ1v) is 16.9. The van der Waals surface area contributed by atoms with Gasteiger partial charge in [0.1, 0.15) is 0 Å². The maximum Gasteiger partial charge on any atom is 0.488 e. The Kier molecular flexibility index (Phi) is 16.6. The largest absolute Gasteiger partial charge is 0.488 e. The molecule has 5 nitrogen and oxygen atoms in total. The van der Waals surface area contributed by atoms with Crippen LogP contribution in [0.4, 0.5) is 190 Å². The minimum absolute atomic E-state index is 0.00258. The van der Waals surface area contributed by atoms with Gasteiger partial charge in [0.15, 0.2) is 0 Å². The number of hydrogen-bond donors (Lipinski definition) is 4. The zero-order valence-electron chi connectivity index (χ0n) is 33.2. The van der Waals surface area contributed by atoms with Crippen molar-refractivity contribution in [2.24, 2.45) is 5.73 Å². The quantitative estimate of drug-likeness (QED) is 0.0729. The molecule has 1 aromatic carbocycles. The van der Waals surface area contributed by atoms with Gasteiger partial charge in [-0.25, -0.2) is 0 Å². The first kappa shape index (κ1) is 69.7. The molecule has 76 heavy (non-hydrogen) atoms. The average molecular weight is 1230 g/mol. The van der Waals surface area contributed by atoms with E-state index >= 15 is 35.1 Å². The van der Waals surface area contributed by atoms with Crippen molar-refractivity contribution in [3.8, 4) is 0 Å². The van der Waals surface area contributed by atoms with Crippen LogP contribution in [0.2, 0.25) is 0 Å². The first-order valence-electron chi connectivity index (χ1n) is 16.9. The molecule has 1 rings (SSSR count). The lowest BCUT2D eigenvalue weighted by molar-refractivity contribution is -0.475. The molecular weight excluding hydrogens is 1220 g/mol. The minimum Gasteiger partial charge on any atom is -0.423 e. The smallest absolute Gasteiger partial charge is 0.423 e. The van der Waals surface area contributed by atoms with Crippen LogP contribution < -0.4 is 16.5 Å². The monoisotopic (exact) mass is 1230 g/mol. The number of anilines is 1. The number of halogens is 42. The lowest BCUT2D eigenvalue weighted by Gasteiger charge is -2.45. The van der Waals surface area contributed by atoms with E-state index in [0.29, 0.717) is 0 Å². The van der Waals surface area contributed by atoms with Gasteiger partial charge in [0, 0.05) is 5.56 Å². The van der Waals surface area contributed by atoms with Gasteiger partial charge in [0.2, 0.25) is 5.91 Å². The molecule has 0 saturated heterocycles. The highest BCUT2D eigenvalue weighted by molar-refractivity contribution is 6.58. The fraction of sp³-hybridized carbons (Fsp3) is 0.750. The van der Waals surface area contributed by atoms with Crippen LogP contribution in [0.25, 0.3) is 0 Å². The molecule has 0 aromatic heterocycles. The van der Waals surface area contributed by atoms with Crippen molar-refractivity contribution in [2.75, 3.05) is 11.9 Å². The number of nitrogens with one attached hydrogen (secondary N) is 1. The third-order valence-electron chi connectivity index (χ3n) is 9.59. The topological polar surface area (TPSA) is 95.6 Å². The first-order chi connectivity index (χ1) is 32.4. The maximum atomic E-state index is 15.8. The molecule has 1 aromatic rings. The Hall–Kier alpha value is -4.31. The van der Waals surface area contributed by atoms with Crippen LogP contribution in [0.5, 0.6) is 0 Å². The van der Waals surface area contributed by atoms with E-state index in [9.17, 15) is 164 Å². The highest BCUT2D eigenvalue weighted by Gasteiger charge is 3.00. The van der Waals surface area contributed by atoms with Gasteiger partial charge in [-0.05, 0) is 11.5 Å². The Morgan fingerprint density at radius 3 is 0.776 bits per heavy atom. The van der Waals surface area contributed by atoms with Gasteiger partial charge in [0.05, 0.1) is 17.8 Å². The molecule has 0 unspecified atom stereocenters. The van der Waals surface area contributed by atoms with Crippen LogP contribution >= 0.6 is 0 Å². The molecule has 0 spiro atoms. The summed E-state index contributed by atoms with van der Waals surface area (Å²) in [6.45, 7) is -2.27. The van der Waals surface area contributed by atoms with Crippen molar-refractivity contribution in [3.63, 3.8) is 0 Å². The van der Waals surface area contributed by atoms with Crippen LogP contribution in [0.15, 0.2) is 12.1 Å². The Bertz CT molecular complexity index is 2310. The van der Waals surface area contributed by atoms with Crippen LogP contribution in [0, 0.1) is 0 Å². The highest BCUT2D eigenvalue weighted by Crippen LogP contribution is 2.70. The number of rotatable bonds is 21. The number of alkyl halides is 42. The van der Waals surface area contributed by atoms with Crippen molar-refractivity contribution in [1.29, 1.82) is 0 Å². The van der Waals surface area contributed by atoms with Crippen molar-refractivity contribution < 1.29 is 199 Å². The predicted molar refractivity (Wildman–Crippen MR) is 153 cm³/mol. The number of hydrogen-bond acceptors (Lipinski definition) is 4. The van der Waals surface area contributed by atoms with E-state index in [4.69, 9.17) is 0 Å². The lowest BCUT2D eigenvalue weighted by Crippen LogP contribution is -2.77. The minimum atomic E-state index is -10.2. The predicted octanol–water partition coefficient (Wildman–Crippen LogP) is 11.7. The Balaban J connectivity index is 4.76. The van der Waals surface area contributed by atoms with Crippen LogP contribution in [0.1, 0.15) is 11.1 Å². The SMILES string of the molecule is NCC(=O)Nc1cc(B(O)O)cc(C(F)(F)C(F)(F)C(F)(F)C(F)(F)C(F)(F)C(F)(F)C(F)(F)C(F)(F)C(F)(F)C(F)(F)F)c1C(F)(F)C(F)(F)C(F)(F)C(F)(F)C(F)(F)C(F)(F)C(F)(F)C(F)(F)C(F)(F)C(F)(F)F. The molecule has 0 radical (unpaired) electrons. The number of carbonyl (C=O) groups is 1. The van der Waals surface area contributed by atoms with E-state index in [1.165, 1.54) is 0 Å². The Labute approximate surface area is 384 Å². The number of nitrogens with two attached hydrogens (primary N) is 1. The normalized spacial score (nSPS) is 16.3. The fourth-order valence-electron chi connectivity index (χ4n) is 5.14. The Morgan fingerprint density at radius 1 is 0.355 bits per heavy atom. The van der Waals surface area contributed by atoms with E-state index in [-0.39, 0.29) is 5.32 Å². The molecule has 0 aliphatic heterocycles. The zero-order valence-corrected chi connectivity index (χ0v) is 33.2. The number of amides is 1. The summed E-state index contributed by atoms with van der Waals surface area (Å²) < 4.78 is 591. The molecule has 0 bridgehead atoms. The van der Waals surface area contributed by atoms with E-state index in [0.717, 1.165) is 0 Å². The van der Waals surface area contributed by atoms with Gasteiger partial charge in [-0.2, -0.15) is 184 Å². The summed E-state index contributed by atoms with van der Waals surface area (Å²) in [5, 5.41) is 18.4. The summed E-state index contributed by atoms with van der Waals surface area (Å²) in [4.78, 5) is 11.8. The molecule has 1 amide bonds. The van der Waals surface area contributed by atoms with E-state index in [1.54, 1.807) is 0 Å². The van der Waals surface area contributed by atoms with E-state index < -0.39 is 173 Å². The van der Waals surface area contributed by atoms with Crippen LogP contribution in [-0.4, -0.2) is 137 Å². The fourth-order valence-corrected chi connectivity index (χ4v) is 5.14.